The third-order valence-electron chi connectivity index (χ3n) is 23.1. The second kappa shape index (κ2) is 84.4. The van der Waals surface area contributed by atoms with E-state index in [-0.39, 0.29) is 47.5 Å². The molecule has 0 aliphatic rings. The summed E-state index contributed by atoms with van der Waals surface area (Å²) in [6.45, 7) is 4.61. The second-order valence-corrected chi connectivity index (χ2v) is 36.0. The number of hydrogen-bond donors (Lipinski definition) is 0. The molecule has 2 aromatic rings. The van der Waals surface area contributed by atoms with Gasteiger partial charge in [-0.05, 0) is 61.1 Å². The summed E-state index contributed by atoms with van der Waals surface area (Å²) >= 11 is 0. The van der Waals surface area contributed by atoms with Crippen LogP contribution in [-0.2, 0) is 33.1 Å². The van der Waals surface area contributed by atoms with Gasteiger partial charge in [0.1, 0.15) is 20.2 Å². The predicted molar refractivity (Wildman–Crippen MR) is 463 cm³/mol. The molecule has 0 aliphatic carbocycles. The van der Waals surface area contributed by atoms with E-state index in [1.54, 1.807) is 24.3 Å². The van der Waals surface area contributed by atoms with Gasteiger partial charge in [-0.3, -0.25) is 0 Å². The van der Waals surface area contributed by atoms with E-state index in [2.05, 4.69) is 13.8 Å². The molecule has 0 atom stereocenters. The minimum absolute atomic E-state index is 0. The summed E-state index contributed by atoms with van der Waals surface area (Å²) in [4.78, 5) is -0.263. The predicted octanol–water partition coefficient (Wildman–Crippen LogP) is 33.1. The normalized spacial score (nSPS) is 11.8. The largest absolute Gasteiger partial charge is 2.00 e. The summed E-state index contributed by atoms with van der Waals surface area (Å²) in [6.07, 6.45) is 117. The van der Waals surface area contributed by atoms with E-state index in [4.69, 9.17) is 0 Å². The SMILES string of the molecule is CCCCCCCCCCCCCCCCCCCCCCCCCCCCCCCCCCCCCCCCCCc1ccc(S(=O)(=O)[O-])cc1.CCCCCCCCCCCCCCCCCCCCCCCCCCCCCCCCCCCCCCCCCCc1ccc(S(=O)(=O)[O-])cc1.[Ca+2]. The fourth-order valence-corrected chi connectivity index (χ4v) is 16.8. The summed E-state index contributed by atoms with van der Waals surface area (Å²) in [5, 5.41) is 0. The third kappa shape index (κ3) is 79.9. The standard InChI is InChI=1S/2C48H90O3S.Ca/c2*1-2-3-4-5-6-7-8-9-10-11-12-13-14-15-16-17-18-19-20-21-22-23-24-25-26-27-28-29-30-31-32-33-34-35-36-37-38-39-40-41-42-47-43-45-48(46-44-47)52(49,50)51;/h2*43-46H,2-42H2,1H3,(H,49,50,51);/q;;+2/p-2. The van der Waals surface area contributed by atoms with Crippen molar-refractivity contribution in [2.75, 3.05) is 0 Å². The van der Waals surface area contributed by atoms with Crippen molar-refractivity contribution in [2.45, 2.75) is 550 Å². The smallest absolute Gasteiger partial charge is 0.744 e. The van der Waals surface area contributed by atoms with Gasteiger partial charge in [0.2, 0.25) is 0 Å². The van der Waals surface area contributed by atoms with Crippen LogP contribution in [0, 0.1) is 0 Å². The van der Waals surface area contributed by atoms with Crippen molar-refractivity contribution in [3.05, 3.63) is 59.7 Å². The molecule has 0 radical (unpaired) electrons. The minimum atomic E-state index is -4.33. The molecule has 0 N–H and O–H groups in total. The molecular formula is C96H178CaO6S2. The molecule has 0 saturated carbocycles. The van der Waals surface area contributed by atoms with Crippen molar-refractivity contribution in [1.82, 2.24) is 0 Å². The average Bonchev–Trinajstić information content (AvgIpc) is 0.873. The van der Waals surface area contributed by atoms with Crippen LogP contribution in [0.2, 0.25) is 0 Å². The zero-order valence-electron chi connectivity index (χ0n) is 70.6. The molecule has 0 fully saturated rings. The van der Waals surface area contributed by atoms with E-state index in [1.165, 1.54) is 525 Å². The van der Waals surface area contributed by atoms with E-state index in [1.807, 2.05) is 0 Å². The van der Waals surface area contributed by atoms with E-state index in [0.717, 1.165) is 36.8 Å². The molecule has 0 unspecified atom stereocenters. The summed E-state index contributed by atoms with van der Waals surface area (Å²) in [7, 11) is -8.67. The van der Waals surface area contributed by atoms with E-state index >= 15 is 0 Å². The van der Waals surface area contributed by atoms with Crippen molar-refractivity contribution < 1.29 is 25.9 Å². The van der Waals surface area contributed by atoms with Crippen molar-refractivity contribution in [3.63, 3.8) is 0 Å². The molecule has 9 heteroatoms. The Morgan fingerprint density at radius 2 is 0.267 bits per heavy atom. The van der Waals surface area contributed by atoms with Crippen LogP contribution in [0.5, 0.6) is 0 Å². The van der Waals surface area contributed by atoms with Gasteiger partial charge in [0.25, 0.3) is 0 Å². The topological polar surface area (TPSA) is 114 Å². The fraction of sp³-hybridized carbons (Fsp3) is 0.875. The molecule has 0 amide bonds. The number of rotatable bonds is 84. The second-order valence-electron chi connectivity index (χ2n) is 33.3. The Balaban J connectivity index is 0.00000204. The first-order valence-electron chi connectivity index (χ1n) is 47.2. The first-order valence-corrected chi connectivity index (χ1v) is 50.0. The van der Waals surface area contributed by atoms with Crippen molar-refractivity contribution in [2.24, 2.45) is 0 Å². The first kappa shape index (κ1) is 105. The zero-order chi connectivity index (χ0) is 74.9. The first-order chi connectivity index (χ1) is 51.1. The van der Waals surface area contributed by atoms with Crippen molar-refractivity contribution in [3.8, 4) is 0 Å². The Bertz CT molecular complexity index is 2050. The van der Waals surface area contributed by atoms with Gasteiger partial charge in [-0.15, -0.1) is 0 Å². The molecule has 0 spiro atoms. The maximum absolute atomic E-state index is 11.0. The number of benzene rings is 2. The fourth-order valence-electron chi connectivity index (χ4n) is 15.9. The third-order valence-corrected chi connectivity index (χ3v) is 24.8. The Hall–Kier alpha value is -0.480. The Kier molecular flexibility index (Phi) is 84.0. The number of aryl methyl sites for hydroxylation is 2. The summed E-state index contributed by atoms with van der Waals surface area (Å²) < 4.78 is 66.1. The molecule has 0 aliphatic heterocycles. The Labute approximate surface area is 688 Å². The number of unbranched alkanes of at least 4 members (excludes halogenated alkanes) is 78. The van der Waals surface area contributed by atoms with E-state index in [0.29, 0.717) is 0 Å². The zero-order valence-corrected chi connectivity index (χ0v) is 74.4. The molecule has 105 heavy (non-hydrogen) atoms. The van der Waals surface area contributed by atoms with Crippen LogP contribution >= 0.6 is 0 Å². The molecule has 0 heterocycles. The summed E-state index contributed by atoms with van der Waals surface area (Å²) in [5.41, 5.74) is 2.23. The van der Waals surface area contributed by atoms with Crippen LogP contribution in [0.3, 0.4) is 0 Å². The van der Waals surface area contributed by atoms with Gasteiger partial charge < -0.3 is 9.11 Å². The molecule has 2 rings (SSSR count). The Morgan fingerprint density at radius 3 is 0.362 bits per heavy atom. The van der Waals surface area contributed by atoms with E-state index < -0.39 is 20.2 Å². The molecule has 612 valence electrons. The monoisotopic (exact) mass is 1530 g/mol. The molecular weight excluding hydrogens is 1350 g/mol. The number of hydrogen-bond acceptors (Lipinski definition) is 6. The van der Waals surface area contributed by atoms with Crippen molar-refractivity contribution >= 4 is 58.0 Å². The molecule has 6 nitrogen and oxygen atoms in total. The average molecular weight is 1530 g/mol. The molecule has 0 bridgehead atoms. The van der Waals surface area contributed by atoms with Gasteiger partial charge in [0, 0.05) is 0 Å². The minimum Gasteiger partial charge on any atom is -0.744 e. The van der Waals surface area contributed by atoms with Gasteiger partial charge in [-0.2, -0.15) is 0 Å². The van der Waals surface area contributed by atoms with Gasteiger partial charge in [-0.25, -0.2) is 16.8 Å². The summed E-state index contributed by atoms with van der Waals surface area (Å²) in [5.74, 6) is 0. The van der Waals surface area contributed by atoms with Crippen LogP contribution in [-0.4, -0.2) is 63.7 Å². The quantitative estimate of drug-likeness (QED) is 0.0370. The van der Waals surface area contributed by atoms with Crippen molar-refractivity contribution in [1.29, 1.82) is 0 Å². The van der Waals surface area contributed by atoms with Crippen LogP contribution < -0.4 is 0 Å². The van der Waals surface area contributed by atoms with E-state index in [9.17, 15) is 25.9 Å². The molecule has 0 saturated heterocycles. The van der Waals surface area contributed by atoms with Crippen LogP contribution in [0.1, 0.15) is 539 Å². The van der Waals surface area contributed by atoms with Crippen LogP contribution in [0.25, 0.3) is 0 Å². The molecule has 2 aromatic carbocycles. The van der Waals surface area contributed by atoms with Gasteiger partial charge in [0.15, 0.2) is 0 Å². The summed E-state index contributed by atoms with van der Waals surface area (Å²) in [6, 6.07) is 12.8. The van der Waals surface area contributed by atoms with Gasteiger partial charge in [-0.1, -0.05) is 539 Å². The van der Waals surface area contributed by atoms with Gasteiger partial charge >= 0.3 is 37.7 Å². The Morgan fingerprint density at radius 1 is 0.171 bits per heavy atom. The molecule has 0 aromatic heterocycles. The maximum atomic E-state index is 11.0. The maximum Gasteiger partial charge on any atom is 2.00 e. The van der Waals surface area contributed by atoms with Crippen LogP contribution in [0.4, 0.5) is 0 Å². The van der Waals surface area contributed by atoms with Crippen LogP contribution in [0.15, 0.2) is 58.3 Å². The van der Waals surface area contributed by atoms with Gasteiger partial charge in [0.05, 0.1) is 9.79 Å².